The first-order valence-corrected chi connectivity index (χ1v) is 9.99. The topological polar surface area (TPSA) is 0 Å². The molecule has 92 valence electrons. The van der Waals surface area contributed by atoms with Crippen LogP contribution in [0.25, 0.3) is 0 Å². The molecule has 0 aromatic carbocycles. The number of unbranched alkanes of at least 4 members (excludes halogenated alkanes) is 1. The summed E-state index contributed by atoms with van der Waals surface area (Å²) in [5, 5.41) is 0. The van der Waals surface area contributed by atoms with E-state index >= 15 is 0 Å². The zero-order chi connectivity index (χ0) is 11.1. The molecule has 15 heavy (non-hydrogen) atoms. The molecule has 1 rings (SSSR count). The Hall–Kier alpha value is 0.430. The molecule has 0 atom stereocenters. The van der Waals surface area contributed by atoms with Gasteiger partial charge in [0, 0.05) is 0 Å². The Labute approximate surface area is 97.6 Å². The molecule has 0 aromatic heterocycles. The van der Waals surface area contributed by atoms with Crippen molar-refractivity contribution in [3.05, 3.63) is 0 Å². The Balaban J connectivity index is 2.59. The molecule has 1 fully saturated rings. The van der Waals surface area contributed by atoms with Gasteiger partial charge in [-0.15, -0.1) is 0 Å². The van der Waals surface area contributed by atoms with E-state index in [1.54, 1.807) is 31.3 Å². The first kappa shape index (κ1) is 13.5. The summed E-state index contributed by atoms with van der Waals surface area (Å²) in [5.41, 5.74) is 1.19. The zero-order valence-electron chi connectivity index (χ0n) is 11.1. The van der Waals surface area contributed by atoms with Crippen LogP contribution in [0.1, 0.15) is 65.7 Å². The molecule has 0 aromatic rings. The van der Waals surface area contributed by atoms with Gasteiger partial charge in [0.1, 0.15) is 0 Å². The van der Waals surface area contributed by atoms with Gasteiger partial charge in [-0.05, 0) is 0 Å². The van der Waals surface area contributed by atoms with Crippen molar-refractivity contribution < 1.29 is 0 Å². The van der Waals surface area contributed by atoms with Gasteiger partial charge >= 0.3 is 97.1 Å². The standard InChI is InChI=1S/C14H31P/c1-4-7-13-15(5-2,6-3)14-11-9-8-10-12-14/h14-15H,4-13H2,1-3H3. The molecule has 0 saturated heterocycles. The zero-order valence-corrected chi connectivity index (χ0v) is 12.1. The predicted molar refractivity (Wildman–Crippen MR) is 76.0 cm³/mol. The molecule has 0 unspecified atom stereocenters. The van der Waals surface area contributed by atoms with Crippen LogP contribution in [-0.4, -0.2) is 24.1 Å². The first-order chi connectivity index (χ1) is 7.29. The molecule has 0 nitrogen and oxygen atoms in total. The van der Waals surface area contributed by atoms with Crippen LogP contribution in [0.4, 0.5) is 0 Å². The molecule has 0 N–H and O–H groups in total. The molecule has 0 spiro atoms. The molecule has 1 heteroatoms. The molecule has 1 aliphatic rings. The monoisotopic (exact) mass is 230 g/mol. The third-order valence-corrected chi connectivity index (χ3v) is 11.4. The Morgan fingerprint density at radius 1 is 0.933 bits per heavy atom. The van der Waals surface area contributed by atoms with E-state index in [1.807, 2.05) is 0 Å². The van der Waals surface area contributed by atoms with Crippen LogP contribution in [0, 0.1) is 0 Å². The number of hydrogen-bond donors (Lipinski definition) is 0. The SMILES string of the molecule is CCCC[PH](CC)(CC)C1CCCCC1. The van der Waals surface area contributed by atoms with Crippen LogP contribution in [0.3, 0.4) is 0 Å². The molecule has 0 amide bonds. The third-order valence-electron chi connectivity index (χ3n) is 4.91. The van der Waals surface area contributed by atoms with Crippen molar-refractivity contribution in [2.75, 3.05) is 18.5 Å². The van der Waals surface area contributed by atoms with Crippen molar-refractivity contribution in [1.82, 2.24) is 0 Å². The van der Waals surface area contributed by atoms with Crippen molar-refractivity contribution in [2.45, 2.75) is 71.4 Å². The quantitative estimate of drug-likeness (QED) is 0.569. The van der Waals surface area contributed by atoms with Gasteiger partial charge in [-0.3, -0.25) is 0 Å². The summed E-state index contributed by atoms with van der Waals surface area (Å²) < 4.78 is 0. The summed E-state index contributed by atoms with van der Waals surface area (Å²) in [7, 11) is -0.864. The number of hydrogen-bond acceptors (Lipinski definition) is 0. The average Bonchev–Trinajstić information content (AvgIpc) is 2.33. The molecular formula is C14H31P. The Bertz CT molecular complexity index is 155. The van der Waals surface area contributed by atoms with Crippen molar-refractivity contribution in [3.8, 4) is 0 Å². The maximum atomic E-state index is 2.49. The second kappa shape index (κ2) is 6.89. The van der Waals surface area contributed by atoms with Crippen LogP contribution in [-0.2, 0) is 0 Å². The summed E-state index contributed by atoms with van der Waals surface area (Å²) in [6.45, 7) is 7.32. The third kappa shape index (κ3) is 3.45. The molecule has 0 heterocycles. The van der Waals surface area contributed by atoms with Crippen LogP contribution in [0.15, 0.2) is 0 Å². The van der Waals surface area contributed by atoms with Crippen molar-refractivity contribution in [2.24, 2.45) is 0 Å². The fourth-order valence-corrected chi connectivity index (χ4v) is 9.09. The van der Waals surface area contributed by atoms with E-state index in [9.17, 15) is 0 Å². The normalized spacial score (nSPS) is 20.5. The summed E-state index contributed by atoms with van der Waals surface area (Å²) in [5.74, 6) is 0. The fraction of sp³-hybridized carbons (Fsp3) is 1.00. The van der Waals surface area contributed by atoms with Gasteiger partial charge in [0.25, 0.3) is 0 Å². The van der Waals surface area contributed by atoms with E-state index in [1.165, 1.54) is 37.8 Å². The van der Waals surface area contributed by atoms with Crippen LogP contribution in [0.2, 0.25) is 0 Å². The summed E-state index contributed by atoms with van der Waals surface area (Å²) in [6, 6.07) is 0. The Morgan fingerprint density at radius 3 is 2.00 bits per heavy atom. The second-order valence-electron chi connectivity index (χ2n) is 5.51. The van der Waals surface area contributed by atoms with Gasteiger partial charge in [-0.1, -0.05) is 0 Å². The first-order valence-electron chi connectivity index (χ1n) is 7.29. The minimum absolute atomic E-state index is 0.864. The summed E-state index contributed by atoms with van der Waals surface area (Å²) >= 11 is 0. The van der Waals surface area contributed by atoms with Crippen LogP contribution < -0.4 is 0 Å². The van der Waals surface area contributed by atoms with Gasteiger partial charge in [-0.25, -0.2) is 0 Å². The van der Waals surface area contributed by atoms with Crippen molar-refractivity contribution >= 4 is 7.26 Å². The van der Waals surface area contributed by atoms with Crippen molar-refractivity contribution in [1.29, 1.82) is 0 Å². The van der Waals surface area contributed by atoms with E-state index < -0.39 is 7.26 Å². The predicted octanol–water partition coefficient (Wildman–Crippen LogP) is 4.91. The Morgan fingerprint density at radius 2 is 1.53 bits per heavy atom. The molecule has 1 saturated carbocycles. The minimum atomic E-state index is -0.864. The molecule has 0 radical (unpaired) electrons. The van der Waals surface area contributed by atoms with Crippen LogP contribution in [0.5, 0.6) is 0 Å². The van der Waals surface area contributed by atoms with Crippen LogP contribution >= 0.6 is 7.26 Å². The van der Waals surface area contributed by atoms with E-state index in [0.717, 1.165) is 0 Å². The molecule has 0 aliphatic heterocycles. The summed E-state index contributed by atoms with van der Waals surface area (Å²) in [4.78, 5) is 0. The van der Waals surface area contributed by atoms with Gasteiger partial charge < -0.3 is 0 Å². The van der Waals surface area contributed by atoms with E-state index in [4.69, 9.17) is 0 Å². The summed E-state index contributed by atoms with van der Waals surface area (Å²) in [6.07, 6.45) is 15.4. The average molecular weight is 230 g/mol. The second-order valence-corrected chi connectivity index (χ2v) is 11.0. The molecule has 1 aliphatic carbocycles. The van der Waals surface area contributed by atoms with Gasteiger partial charge in [-0.2, -0.15) is 0 Å². The van der Waals surface area contributed by atoms with Gasteiger partial charge in [0.2, 0.25) is 0 Å². The van der Waals surface area contributed by atoms with Gasteiger partial charge in [0.15, 0.2) is 0 Å². The molecule has 0 bridgehead atoms. The maximum absolute atomic E-state index is 2.49. The van der Waals surface area contributed by atoms with Crippen molar-refractivity contribution in [3.63, 3.8) is 0 Å². The number of rotatable bonds is 6. The van der Waals surface area contributed by atoms with E-state index in [2.05, 4.69) is 20.8 Å². The Kier molecular flexibility index (Phi) is 6.20. The van der Waals surface area contributed by atoms with Gasteiger partial charge in [0.05, 0.1) is 0 Å². The fourth-order valence-electron chi connectivity index (χ4n) is 3.63. The van der Waals surface area contributed by atoms with E-state index in [0.29, 0.717) is 0 Å². The van der Waals surface area contributed by atoms with E-state index in [-0.39, 0.29) is 0 Å². The molecular weight excluding hydrogens is 199 g/mol.